The minimum absolute atomic E-state index is 0.0426. The molecule has 0 aliphatic heterocycles. The number of anilines is 1. The van der Waals surface area contributed by atoms with Gasteiger partial charge in [0.1, 0.15) is 24.2 Å². The van der Waals surface area contributed by atoms with Gasteiger partial charge in [0.05, 0.1) is 17.7 Å². The molecule has 2 amide bonds. The fourth-order valence-electron chi connectivity index (χ4n) is 6.12. The van der Waals surface area contributed by atoms with Crippen molar-refractivity contribution >= 4 is 39.1 Å². The molecule has 11 heteroatoms. The van der Waals surface area contributed by atoms with E-state index in [0.29, 0.717) is 0 Å². The summed E-state index contributed by atoms with van der Waals surface area (Å²) >= 11 is 6.37. The van der Waals surface area contributed by atoms with Crippen molar-refractivity contribution in [3.8, 4) is 5.75 Å². The first-order valence-corrected chi connectivity index (χ1v) is 18.2. The summed E-state index contributed by atoms with van der Waals surface area (Å²) in [7, 11) is -2.99. The fourth-order valence-corrected chi connectivity index (χ4v) is 7.70. The molecule has 1 saturated carbocycles. The molecule has 49 heavy (non-hydrogen) atoms. The third-order valence-corrected chi connectivity index (χ3v) is 10.8. The van der Waals surface area contributed by atoms with Crippen LogP contribution in [0.3, 0.4) is 0 Å². The second kappa shape index (κ2) is 16.3. The van der Waals surface area contributed by atoms with Gasteiger partial charge in [-0.3, -0.25) is 13.9 Å². The molecule has 0 bridgehead atoms. The predicted molar refractivity (Wildman–Crippen MR) is 190 cm³/mol. The monoisotopic (exact) mass is 705 g/mol. The van der Waals surface area contributed by atoms with Gasteiger partial charge in [0.2, 0.25) is 11.8 Å². The van der Waals surface area contributed by atoms with Gasteiger partial charge in [0.25, 0.3) is 10.0 Å². The Balaban J connectivity index is 1.61. The van der Waals surface area contributed by atoms with Gasteiger partial charge >= 0.3 is 0 Å². The first-order chi connectivity index (χ1) is 23.6. The number of methoxy groups -OCH3 is 1. The van der Waals surface area contributed by atoms with Crippen molar-refractivity contribution in [2.45, 2.75) is 69.0 Å². The first-order valence-electron chi connectivity index (χ1n) is 16.4. The van der Waals surface area contributed by atoms with Crippen molar-refractivity contribution in [1.82, 2.24) is 10.2 Å². The Labute approximate surface area is 292 Å². The van der Waals surface area contributed by atoms with Crippen LogP contribution in [-0.2, 0) is 32.6 Å². The van der Waals surface area contributed by atoms with Gasteiger partial charge in [0, 0.05) is 29.6 Å². The lowest BCUT2D eigenvalue weighted by atomic mass is 9.94. The Morgan fingerprint density at radius 3 is 2.29 bits per heavy atom. The Hall–Kier alpha value is -4.41. The van der Waals surface area contributed by atoms with E-state index in [4.69, 9.17) is 16.3 Å². The molecule has 1 N–H and O–H groups in total. The minimum Gasteiger partial charge on any atom is -0.495 e. The molecule has 5 rings (SSSR count). The van der Waals surface area contributed by atoms with Crippen molar-refractivity contribution in [1.29, 1.82) is 0 Å². The summed E-state index contributed by atoms with van der Waals surface area (Å²) < 4.78 is 50.4. The van der Waals surface area contributed by atoms with Gasteiger partial charge in [0.15, 0.2) is 0 Å². The normalized spacial score (nSPS) is 14.1. The lowest BCUT2D eigenvalue weighted by molar-refractivity contribution is -0.140. The molecular weight excluding hydrogens is 665 g/mol. The zero-order chi connectivity index (χ0) is 35.0. The Morgan fingerprint density at radius 2 is 1.61 bits per heavy atom. The molecule has 8 nitrogen and oxygen atoms in total. The van der Waals surface area contributed by atoms with E-state index in [-0.39, 0.29) is 51.8 Å². The van der Waals surface area contributed by atoms with Gasteiger partial charge in [-0.1, -0.05) is 97.1 Å². The summed E-state index contributed by atoms with van der Waals surface area (Å²) in [4.78, 5) is 30.2. The van der Waals surface area contributed by atoms with Crippen molar-refractivity contribution in [3.05, 3.63) is 125 Å². The zero-order valence-corrected chi connectivity index (χ0v) is 29.2. The number of sulfonamides is 1. The van der Waals surface area contributed by atoms with Crippen molar-refractivity contribution in [3.63, 3.8) is 0 Å². The van der Waals surface area contributed by atoms with Crippen LogP contribution in [0.1, 0.15) is 48.8 Å². The number of carbonyl (C=O) groups excluding carboxylic acids is 2. The predicted octanol–water partition coefficient (Wildman–Crippen LogP) is 7.08. The van der Waals surface area contributed by atoms with Gasteiger partial charge in [-0.2, -0.15) is 0 Å². The maximum atomic E-state index is 15.2. The number of ether oxygens (including phenoxy) is 1. The number of carbonyl (C=O) groups is 2. The van der Waals surface area contributed by atoms with Crippen LogP contribution in [0, 0.1) is 12.7 Å². The van der Waals surface area contributed by atoms with Crippen LogP contribution in [0.2, 0.25) is 5.02 Å². The van der Waals surface area contributed by atoms with Crippen LogP contribution in [0.25, 0.3) is 0 Å². The number of nitrogens with one attached hydrogen (secondary N) is 1. The van der Waals surface area contributed by atoms with E-state index in [1.807, 2.05) is 37.3 Å². The number of rotatable bonds is 13. The average Bonchev–Trinajstić information content (AvgIpc) is 3.10. The van der Waals surface area contributed by atoms with E-state index in [2.05, 4.69) is 5.32 Å². The third-order valence-electron chi connectivity index (χ3n) is 8.82. The van der Waals surface area contributed by atoms with Crippen LogP contribution in [-0.4, -0.2) is 50.9 Å². The summed E-state index contributed by atoms with van der Waals surface area (Å²) in [5, 5.41) is 3.38. The SMILES string of the molecule is COc1ccc(Cl)cc1N(CC(=O)N(Cc1ccccc1F)[C@@H](Cc1ccccc1)C(=O)NC1CCCCC1)S(=O)(=O)c1ccc(C)cc1. The van der Waals surface area contributed by atoms with Crippen molar-refractivity contribution in [2.75, 3.05) is 18.0 Å². The molecule has 4 aromatic carbocycles. The second-order valence-corrected chi connectivity index (χ2v) is 14.6. The number of nitrogens with zero attached hydrogens (tertiary/aromatic N) is 2. The van der Waals surface area contributed by atoms with E-state index in [1.54, 1.807) is 36.4 Å². The molecule has 0 aromatic heterocycles. The average molecular weight is 706 g/mol. The summed E-state index contributed by atoms with van der Waals surface area (Å²) in [6.07, 6.45) is 4.84. The molecular formula is C38H41ClFN3O5S. The summed E-state index contributed by atoms with van der Waals surface area (Å²) in [6, 6.07) is 24.9. The van der Waals surface area contributed by atoms with Crippen LogP contribution < -0.4 is 14.4 Å². The lowest BCUT2D eigenvalue weighted by Crippen LogP contribution is -2.55. The second-order valence-electron chi connectivity index (χ2n) is 12.3. The maximum absolute atomic E-state index is 15.2. The number of aryl methyl sites for hydroxylation is 1. The standard InChI is InChI=1S/C38H41ClFN3O5S/c1-27-17-20-32(21-18-27)49(46,47)43(34-24-30(39)19-22-36(34)48-2)26-37(44)42(25-29-13-9-10-16-33(29)40)35(23-28-11-5-3-6-12-28)38(45)41-31-14-7-4-8-15-31/h3,5-6,9-13,16-22,24,31,35H,4,7-8,14-15,23,25-26H2,1-2H3,(H,41,45)/t35-/m0/s1. The molecule has 4 aromatic rings. The number of amides is 2. The van der Waals surface area contributed by atoms with Crippen LogP contribution >= 0.6 is 11.6 Å². The topological polar surface area (TPSA) is 96.0 Å². The first kappa shape index (κ1) is 35.9. The Bertz CT molecular complexity index is 1850. The van der Waals surface area contributed by atoms with Crippen LogP contribution in [0.4, 0.5) is 10.1 Å². The highest BCUT2D eigenvalue weighted by molar-refractivity contribution is 7.92. The van der Waals surface area contributed by atoms with E-state index >= 15 is 4.39 Å². The van der Waals surface area contributed by atoms with Gasteiger partial charge in [-0.25, -0.2) is 12.8 Å². The Morgan fingerprint density at radius 1 is 0.939 bits per heavy atom. The minimum atomic E-state index is -4.38. The molecule has 0 saturated heterocycles. The maximum Gasteiger partial charge on any atom is 0.264 e. The highest BCUT2D eigenvalue weighted by Gasteiger charge is 2.36. The number of hydrogen-bond donors (Lipinski definition) is 1. The molecule has 0 unspecified atom stereocenters. The van der Waals surface area contributed by atoms with Crippen LogP contribution in [0.15, 0.2) is 102 Å². The van der Waals surface area contributed by atoms with Crippen molar-refractivity contribution in [2.24, 2.45) is 0 Å². The Kier molecular flexibility index (Phi) is 12.0. The lowest BCUT2D eigenvalue weighted by Gasteiger charge is -2.35. The zero-order valence-electron chi connectivity index (χ0n) is 27.6. The highest BCUT2D eigenvalue weighted by Crippen LogP contribution is 2.35. The fraction of sp³-hybridized carbons (Fsp3) is 0.316. The molecule has 1 aliphatic carbocycles. The summed E-state index contributed by atoms with van der Waals surface area (Å²) in [6.45, 7) is 0.846. The molecule has 0 spiro atoms. The van der Waals surface area contributed by atoms with E-state index < -0.39 is 34.3 Å². The molecule has 0 radical (unpaired) electrons. The van der Waals surface area contributed by atoms with Gasteiger partial charge in [-0.15, -0.1) is 0 Å². The van der Waals surface area contributed by atoms with Gasteiger partial charge < -0.3 is 15.0 Å². The smallest absolute Gasteiger partial charge is 0.264 e. The summed E-state index contributed by atoms with van der Waals surface area (Å²) in [5.74, 6) is -1.47. The van der Waals surface area contributed by atoms with E-state index in [9.17, 15) is 18.0 Å². The largest absolute Gasteiger partial charge is 0.495 e. The molecule has 0 heterocycles. The molecule has 258 valence electrons. The van der Waals surface area contributed by atoms with Crippen LogP contribution in [0.5, 0.6) is 5.75 Å². The summed E-state index contributed by atoms with van der Waals surface area (Å²) in [5.41, 5.74) is 1.87. The van der Waals surface area contributed by atoms with E-state index in [1.165, 1.54) is 42.3 Å². The van der Waals surface area contributed by atoms with Gasteiger partial charge in [-0.05, 0) is 61.7 Å². The molecule has 1 atom stereocenters. The third kappa shape index (κ3) is 8.99. The number of benzene rings is 4. The quantitative estimate of drug-likeness (QED) is 0.160. The molecule has 1 aliphatic rings. The number of hydrogen-bond acceptors (Lipinski definition) is 5. The molecule has 1 fully saturated rings. The number of halogens is 2. The highest BCUT2D eigenvalue weighted by atomic mass is 35.5. The van der Waals surface area contributed by atoms with Crippen molar-refractivity contribution < 1.29 is 27.1 Å². The van der Waals surface area contributed by atoms with E-state index in [0.717, 1.165) is 47.5 Å².